The minimum absolute atomic E-state index is 0.00531. The van der Waals surface area contributed by atoms with Gasteiger partial charge in [0.15, 0.2) is 0 Å². The van der Waals surface area contributed by atoms with Gasteiger partial charge in [-0.15, -0.1) is 0 Å². The van der Waals surface area contributed by atoms with Gasteiger partial charge in [-0.25, -0.2) is 0 Å². The van der Waals surface area contributed by atoms with Crippen LogP contribution in [-0.4, -0.2) is 41.6 Å². The van der Waals surface area contributed by atoms with Crippen LogP contribution in [0.3, 0.4) is 0 Å². The van der Waals surface area contributed by atoms with E-state index < -0.39 is 17.7 Å². The zero-order chi connectivity index (χ0) is 26.8. The first-order valence-electron chi connectivity index (χ1n) is 13.1. The van der Waals surface area contributed by atoms with Crippen molar-refractivity contribution in [3.8, 4) is 11.5 Å². The minimum Gasteiger partial charge on any atom is -0.508 e. The molecule has 5 rings (SSSR count). The molecule has 7 nitrogen and oxygen atoms in total. The highest BCUT2D eigenvalue weighted by molar-refractivity contribution is 6.51. The van der Waals surface area contributed by atoms with Crippen molar-refractivity contribution in [1.82, 2.24) is 0 Å². The maximum absolute atomic E-state index is 13.4. The second kappa shape index (κ2) is 10.6. The summed E-state index contributed by atoms with van der Waals surface area (Å²) in [5, 5.41) is 21.6. The Morgan fingerprint density at radius 1 is 0.974 bits per heavy atom. The molecule has 2 fully saturated rings. The molecule has 2 aliphatic heterocycles. The molecule has 2 saturated heterocycles. The number of amides is 1. The summed E-state index contributed by atoms with van der Waals surface area (Å²) in [4.78, 5) is 30.6. The molecule has 2 aliphatic rings. The Morgan fingerprint density at radius 2 is 1.68 bits per heavy atom. The molecule has 0 aromatic heterocycles. The molecule has 196 valence electrons. The molecule has 7 heteroatoms. The van der Waals surface area contributed by atoms with Gasteiger partial charge in [-0.1, -0.05) is 19.1 Å². The van der Waals surface area contributed by atoms with Crippen LogP contribution in [0, 0.1) is 6.92 Å². The number of aliphatic hydroxyl groups is 1. The van der Waals surface area contributed by atoms with Crippen molar-refractivity contribution >= 4 is 28.8 Å². The largest absolute Gasteiger partial charge is 0.508 e. The average molecular weight is 513 g/mol. The third-order valence-corrected chi connectivity index (χ3v) is 7.14. The zero-order valence-corrected chi connectivity index (χ0v) is 21.7. The number of aryl methyl sites for hydroxylation is 1. The smallest absolute Gasteiger partial charge is 0.300 e. The lowest BCUT2D eigenvalue weighted by atomic mass is 9.94. The van der Waals surface area contributed by atoms with Gasteiger partial charge < -0.3 is 19.8 Å². The molecule has 2 N–H and O–H groups in total. The van der Waals surface area contributed by atoms with Crippen molar-refractivity contribution in [3.05, 3.63) is 89.0 Å². The third-order valence-electron chi connectivity index (χ3n) is 7.14. The maximum atomic E-state index is 13.4. The van der Waals surface area contributed by atoms with Crippen LogP contribution in [0.15, 0.2) is 72.3 Å². The molecule has 0 saturated carbocycles. The van der Waals surface area contributed by atoms with Gasteiger partial charge >= 0.3 is 0 Å². The van der Waals surface area contributed by atoms with Gasteiger partial charge in [-0.3, -0.25) is 14.5 Å². The van der Waals surface area contributed by atoms with E-state index in [1.807, 2.05) is 38.1 Å². The molecule has 0 bridgehead atoms. The van der Waals surface area contributed by atoms with Crippen LogP contribution >= 0.6 is 0 Å². The Bertz CT molecular complexity index is 1390. The van der Waals surface area contributed by atoms with Crippen molar-refractivity contribution in [2.75, 3.05) is 29.5 Å². The Hall–Kier alpha value is -4.26. The number of ether oxygens (including phenoxy) is 1. The summed E-state index contributed by atoms with van der Waals surface area (Å²) in [6.45, 7) is 6.46. The highest BCUT2D eigenvalue weighted by atomic mass is 16.5. The summed E-state index contributed by atoms with van der Waals surface area (Å²) in [5.41, 5.74) is 3.33. The Balaban J connectivity index is 1.59. The molecule has 1 amide bonds. The number of benzene rings is 3. The van der Waals surface area contributed by atoms with Gasteiger partial charge in [0.1, 0.15) is 17.3 Å². The van der Waals surface area contributed by atoms with Crippen molar-refractivity contribution in [3.63, 3.8) is 0 Å². The predicted octanol–water partition coefficient (Wildman–Crippen LogP) is 5.72. The summed E-state index contributed by atoms with van der Waals surface area (Å²) in [7, 11) is 0. The third kappa shape index (κ3) is 4.72. The van der Waals surface area contributed by atoms with E-state index in [1.54, 1.807) is 30.3 Å². The van der Waals surface area contributed by atoms with Gasteiger partial charge in [0, 0.05) is 30.0 Å². The predicted molar refractivity (Wildman–Crippen MR) is 148 cm³/mol. The SMILES string of the molecule is CCCOc1ccc(/C(O)=C2/C(=O)C(=O)N(c3ccc(N4CCCC4)cc3)C2c2cccc(O)c2)cc1C. The molecule has 1 atom stereocenters. The number of aromatic hydroxyl groups is 1. The number of phenolic OH excluding ortho intramolecular Hbond substituents is 1. The number of carbonyl (C=O) groups is 2. The molecule has 1 unspecified atom stereocenters. The van der Waals surface area contributed by atoms with Crippen LogP contribution in [0.5, 0.6) is 11.5 Å². The zero-order valence-electron chi connectivity index (χ0n) is 21.7. The van der Waals surface area contributed by atoms with Crippen molar-refractivity contribution in [2.45, 2.75) is 39.2 Å². The molecule has 3 aromatic rings. The second-order valence-electron chi connectivity index (χ2n) is 9.80. The van der Waals surface area contributed by atoms with Gasteiger partial charge in [0.05, 0.1) is 18.2 Å². The van der Waals surface area contributed by atoms with E-state index in [4.69, 9.17) is 4.74 Å². The number of anilines is 2. The summed E-state index contributed by atoms with van der Waals surface area (Å²) in [6, 6.07) is 18.3. The number of carbonyl (C=O) groups excluding carboxylic acids is 2. The van der Waals surface area contributed by atoms with E-state index in [0.717, 1.165) is 43.6 Å². The summed E-state index contributed by atoms with van der Waals surface area (Å²) >= 11 is 0. The molecule has 38 heavy (non-hydrogen) atoms. The van der Waals surface area contributed by atoms with Crippen LogP contribution in [0.25, 0.3) is 5.76 Å². The monoisotopic (exact) mass is 512 g/mol. The standard InChI is InChI=1S/C31H32N2O5/c1-3-17-38-26-14-9-22(18-20(26)2)29(35)27-28(21-7-6-8-25(34)19-21)33(31(37)30(27)36)24-12-10-23(11-13-24)32-15-4-5-16-32/h6-14,18-19,28,34-35H,3-5,15-17H2,1-2H3/b29-27-. The fraction of sp³-hybridized carbons (Fsp3) is 0.290. The van der Waals surface area contributed by atoms with E-state index >= 15 is 0 Å². The summed E-state index contributed by atoms with van der Waals surface area (Å²) in [5.74, 6) is -1.06. The number of hydrogen-bond donors (Lipinski definition) is 2. The fourth-order valence-electron chi connectivity index (χ4n) is 5.23. The number of aliphatic hydroxyl groups excluding tert-OH is 1. The van der Waals surface area contributed by atoms with Crippen LogP contribution in [-0.2, 0) is 9.59 Å². The maximum Gasteiger partial charge on any atom is 0.300 e. The lowest BCUT2D eigenvalue weighted by molar-refractivity contribution is -0.132. The number of rotatable bonds is 7. The fourth-order valence-corrected chi connectivity index (χ4v) is 5.23. The second-order valence-corrected chi connectivity index (χ2v) is 9.80. The highest BCUT2D eigenvalue weighted by Gasteiger charge is 2.47. The Labute approximate surface area is 222 Å². The summed E-state index contributed by atoms with van der Waals surface area (Å²) in [6.07, 6.45) is 3.17. The molecule has 2 heterocycles. The normalized spacial score (nSPS) is 18.8. The highest BCUT2D eigenvalue weighted by Crippen LogP contribution is 2.43. The first-order valence-corrected chi connectivity index (χ1v) is 13.1. The molecule has 0 radical (unpaired) electrons. The van der Waals surface area contributed by atoms with E-state index in [9.17, 15) is 19.8 Å². The first-order chi connectivity index (χ1) is 18.4. The van der Waals surface area contributed by atoms with Crippen molar-refractivity contribution in [1.29, 1.82) is 0 Å². The Kier molecular flexibility index (Phi) is 7.09. The van der Waals surface area contributed by atoms with E-state index in [1.165, 1.54) is 17.0 Å². The van der Waals surface area contributed by atoms with Gasteiger partial charge in [0.2, 0.25) is 0 Å². The van der Waals surface area contributed by atoms with Crippen LogP contribution in [0.2, 0.25) is 0 Å². The molecule has 0 spiro atoms. The Morgan fingerprint density at radius 3 is 2.34 bits per heavy atom. The number of Topliss-reactive ketones (excluding diaryl/α,β-unsaturated/α-hetero) is 1. The van der Waals surface area contributed by atoms with Crippen molar-refractivity contribution < 1.29 is 24.5 Å². The lowest BCUT2D eigenvalue weighted by Gasteiger charge is -2.26. The van der Waals surface area contributed by atoms with Gasteiger partial charge in [-0.05, 0) is 91.9 Å². The lowest BCUT2D eigenvalue weighted by Crippen LogP contribution is -2.29. The van der Waals surface area contributed by atoms with Crippen LogP contribution in [0.4, 0.5) is 11.4 Å². The van der Waals surface area contributed by atoms with Gasteiger partial charge in [-0.2, -0.15) is 0 Å². The topological polar surface area (TPSA) is 90.3 Å². The van der Waals surface area contributed by atoms with Crippen molar-refractivity contribution in [2.24, 2.45) is 0 Å². The average Bonchev–Trinajstić information content (AvgIpc) is 3.55. The number of hydrogen-bond acceptors (Lipinski definition) is 6. The minimum atomic E-state index is -0.906. The van der Waals surface area contributed by atoms with Crippen LogP contribution < -0.4 is 14.5 Å². The quantitative estimate of drug-likeness (QED) is 0.239. The molecular formula is C31H32N2O5. The molecule has 0 aliphatic carbocycles. The van der Waals surface area contributed by atoms with E-state index in [0.29, 0.717) is 29.2 Å². The first kappa shape index (κ1) is 25.4. The van der Waals surface area contributed by atoms with Crippen LogP contribution in [0.1, 0.15) is 48.9 Å². The number of ketones is 1. The number of nitrogens with zero attached hydrogens (tertiary/aromatic N) is 2. The number of phenols is 1. The molecular weight excluding hydrogens is 480 g/mol. The van der Waals surface area contributed by atoms with E-state index in [-0.39, 0.29) is 17.1 Å². The van der Waals surface area contributed by atoms with Gasteiger partial charge in [0.25, 0.3) is 11.7 Å². The summed E-state index contributed by atoms with van der Waals surface area (Å²) < 4.78 is 5.75. The van der Waals surface area contributed by atoms with E-state index in [2.05, 4.69) is 4.90 Å². The molecule has 3 aromatic carbocycles.